The fourth-order valence-corrected chi connectivity index (χ4v) is 3.73. The largest absolute Gasteiger partial charge is 0.466 e. The van der Waals surface area contributed by atoms with Crippen LogP contribution in [0, 0.1) is 0 Å². The van der Waals surface area contributed by atoms with Crippen LogP contribution < -0.4 is 5.32 Å². The molecule has 1 atom stereocenters. The molecule has 0 bridgehead atoms. The molecule has 1 saturated heterocycles. The van der Waals surface area contributed by atoms with Gasteiger partial charge in [0.25, 0.3) is 0 Å². The van der Waals surface area contributed by atoms with E-state index < -0.39 is 12.0 Å². The number of carbonyl (C=O) groups excluding carboxylic acids is 3. The molecule has 6 nitrogen and oxygen atoms in total. The number of unbranched alkanes of at least 4 members (excludes halogenated alkanes) is 7. The number of carbonyl (C=O) groups is 3. The molecular weight excluding hydrogens is 380 g/mol. The standard InChI is InChI=1S/C24H36N2O4/c1-2-3-4-5-6-7-8-12-17-30-23(28)19-21-24(29)25-15-16-26(21)22(27)18-20-13-10-9-11-14-20/h9-11,13-14,21H,2-8,12,15-19H2,1H3,(H,25,29). The van der Waals surface area contributed by atoms with E-state index >= 15 is 0 Å². The van der Waals surface area contributed by atoms with Gasteiger partial charge in [0.1, 0.15) is 6.04 Å². The van der Waals surface area contributed by atoms with Crippen LogP contribution in [-0.4, -0.2) is 48.4 Å². The topological polar surface area (TPSA) is 75.7 Å². The number of hydrogen-bond donors (Lipinski definition) is 1. The van der Waals surface area contributed by atoms with Gasteiger partial charge in [-0.15, -0.1) is 0 Å². The summed E-state index contributed by atoms with van der Waals surface area (Å²) in [4.78, 5) is 38.8. The second-order valence-corrected chi connectivity index (χ2v) is 7.96. The van der Waals surface area contributed by atoms with Gasteiger partial charge < -0.3 is 15.0 Å². The SMILES string of the molecule is CCCCCCCCCCOC(=O)CC1C(=O)NCCN1C(=O)Cc1ccccc1. The lowest BCUT2D eigenvalue weighted by Gasteiger charge is -2.34. The van der Waals surface area contributed by atoms with Gasteiger partial charge in [0, 0.05) is 13.1 Å². The Morgan fingerprint density at radius 2 is 1.70 bits per heavy atom. The number of nitrogens with one attached hydrogen (secondary N) is 1. The van der Waals surface area contributed by atoms with E-state index in [-0.39, 0.29) is 24.7 Å². The van der Waals surface area contributed by atoms with Crippen molar-refractivity contribution in [3.05, 3.63) is 35.9 Å². The first kappa shape index (κ1) is 23.9. The van der Waals surface area contributed by atoms with E-state index in [1.807, 2.05) is 30.3 Å². The van der Waals surface area contributed by atoms with Crippen LogP contribution in [0.3, 0.4) is 0 Å². The zero-order valence-corrected chi connectivity index (χ0v) is 18.2. The van der Waals surface area contributed by atoms with Gasteiger partial charge in [-0.1, -0.05) is 82.2 Å². The second-order valence-electron chi connectivity index (χ2n) is 7.96. The van der Waals surface area contributed by atoms with Crippen LogP contribution >= 0.6 is 0 Å². The van der Waals surface area contributed by atoms with Crippen LogP contribution in [0.1, 0.15) is 70.3 Å². The molecule has 2 rings (SSSR count). The Labute approximate surface area is 180 Å². The highest BCUT2D eigenvalue weighted by molar-refractivity contribution is 5.92. The molecule has 2 amide bonds. The highest BCUT2D eigenvalue weighted by Crippen LogP contribution is 2.14. The van der Waals surface area contributed by atoms with Crippen molar-refractivity contribution in [1.82, 2.24) is 10.2 Å². The minimum absolute atomic E-state index is 0.0939. The van der Waals surface area contributed by atoms with E-state index in [4.69, 9.17) is 4.74 Å². The van der Waals surface area contributed by atoms with Gasteiger partial charge in [0.2, 0.25) is 11.8 Å². The minimum atomic E-state index is -0.791. The van der Waals surface area contributed by atoms with Crippen LogP contribution in [0.4, 0.5) is 0 Å². The van der Waals surface area contributed by atoms with Crippen molar-refractivity contribution in [3.8, 4) is 0 Å². The maximum atomic E-state index is 12.7. The molecule has 0 radical (unpaired) electrons. The monoisotopic (exact) mass is 416 g/mol. The van der Waals surface area contributed by atoms with E-state index in [1.165, 1.54) is 37.0 Å². The van der Waals surface area contributed by atoms with Gasteiger partial charge in [-0.2, -0.15) is 0 Å². The van der Waals surface area contributed by atoms with Gasteiger partial charge in [-0.3, -0.25) is 14.4 Å². The van der Waals surface area contributed by atoms with E-state index in [2.05, 4.69) is 12.2 Å². The molecule has 1 aromatic carbocycles. The molecule has 30 heavy (non-hydrogen) atoms. The average molecular weight is 417 g/mol. The lowest BCUT2D eigenvalue weighted by Crippen LogP contribution is -2.58. The Morgan fingerprint density at radius 3 is 2.40 bits per heavy atom. The number of nitrogens with zero attached hydrogens (tertiary/aromatic N) is 1. The van der Waals surface area contributed by atoms with Crippen molar-refractivity contribution in [2.24, 2.45) is 0 Å². The molecule has 1 fully saturated rings. The first-order valence-corrected chi connectivity index (χ1v) is 11.4. The molecule has 1 aliphatic rings. The summed E-state index contributed by atoms with van der Waals surface area (Å²) in [5.41, 5.74) is 0.893. The van der Waals surface area contributed by atoms with Crippen LogP contribution in [0.5, 0.6) is 0 Å². The normalized spacial score (nSPS) is 16.2. The maximum absolute atomic E-state index is 12.7. The Balaban J connectivity index is 1.71. The number of rotatable bonds is 13. The minimum Gasteiger partial charge on any atom is -0.466 e. The van der Waals surface area contributed by atoms with Gasteiger partial charge in [-0.25, -0.2) is 0 Å². The number of piperazine rings is 1. The Morgan fingerprint density at radius 1 is 1.03 bits per heavy atom. The maximum Gasteiger partial charge on any atom is 0.308 e. The summed E-state index contributed by atoms with van der Waals surface area (Å²) in [6.45, 7) is 3.40. The fraction of sp³-hybridized carbons (Fsp3) is 0.625. The van der Waals surface area contributed by atoms with E-state index in [1.54, 1.807) is 0 Å². The molecule has 166 valence electrons. The molecule has 6 heteroatoms. The smallest absolute Gasteiger partial charge is 0.308 e. The highest BCUT2D eigenvalue weighted by Gasteiger charge is 2.34. The Hall–Kier alpha value is -2.37. The summed E-state index contributed by atoms with van der Waals surface area (Å²) in [5.74, 6) is -0.846. The Bertz CT molecular complexity index is 662. The molecule has 0 aromatic heterocycles. The van der Waals surface area contributed by atoms with Crippen LogP contribution in [0.15, 0.2) is 30.3 Å². The quantitative estimate of drug-likeness (QED) is 0.394. The summed E-state index contributed by atoms with van der Waals surface area (Å²) in [5, 5.41) is 2.75. The van der Waals surface area contributed by atoms with Gasteiger partial charge in [0.15, 0.2) is 0 Å². The van der Waals surface area contributed by atoms with Crippen molar-refractivity contribution >= 4 is 17.8 Å². The van der Waals surface area contributed by atoms with Gasteiger partial charge in [0.05, 0.1) is 19.4 Å². The lowest BCUT2D eigenvalue weighted by molar-refractivity contribution is -0.151. The summed E-state index contributed by atoms with van der Waals surface area (Å²) in [6, 6.07) is 8.63. The van der Waals surface area contributed by atoms with E-state index in [9.17, 15) is 14.4 Å². The first-order valence-electron chi connectivity index (χ1n) is 11.4. The number of ether oxygens (including phenoxy) is 1. The molecule has 0 spiro atoms. The van der Waals surface area contributed by atoms with Crippen molar-refractivity contribution in [2.75, 3.05) is 19.7 Å². The lowest BCUT2D eigenvalue weighted by atomic mass is 10.1. The number of benzene rings is 1. The third-order valence-electron chi connectivity index (χ3n) is 5.47. The highest BCUT2D eigenvalue weighted by atomic mass is 16.5. The molecule has 0 aliphatic carbocycles. The summed E-state index contributed by atoms with van der Waals surface area (Å²) in [6.07, 6.45) is 9.54. The predicted molar refractivity (Wildman–Crippen MR) is 117 cm³/mol. The van der Waals surface area contributed by atoms with Crippen molar-refractivity contribution in [1.29, 1.82) is 0 Å². The molecule has 1 aliphatic heterocycles. The van der Waals surface area contributed by atoms with Crippen LogP contribution in [0.2, 0.25) is 0 Å². The molecule has 1 aromatic rings. The number of esters is 1. The fourth-order valence-electron chi connectivity index (χ4n) is 3.73. The average Bonchev–Trinajstić information content (AvgIpc) is 2.74. The zero-order chi connectivity index (χ0) is 21.6. The second kappa shape index (κ2) is 13.8. The predicted octanol–water partition coefficient (Wildman–Crippen LogP) is 3.63. The van der Waals surface area contributed by atoms with Crippen molar-refractivity contribution in [3.63, 3.8) is 0 Å². The van der Waals surface area contributed by atoms with E-state index in [0.29, 0.717) is 19.7 Å². The Kier molecular flexibility index (Phi) is 11.0. The van der Waals surface area contributed by atoms with Crippen LogP contribution in [-0.2, 0) is 25.5 Å². The first-order chi connectivity index (χ1) is 14.6. The van der Waals surface area contributed by atoms with E-state index in [0.717, 1.165) is 24.8 Å². The number of amides is 2. The third kappa shape index (κ3) is 8.56. The molecule has 1 N–H and O–H groups in total. The molecular formula is C24H36N2O4. The summed E-state index contributed by atoms with van der Waals surface area (Å²) >= 11 is 0. The summed E-state index contributed by atoms with van der Waals surface area (Å²) < 4.78 is 5.33. The van der Waals surface area contributed by atoms with Crippen LogP contribution in [0.25, 0.3) is 0 Å². The molecule has 1 heterocycles. The third-order valence-corrected chi connectivity index (χ3v) is 5.47. The van der Waals surface area contributed by atoms with Gasteiger partial charge in [-0.05, 0) is 12.0 Å². The molecule has 0 saturated carbocycles. The van der Waals surface area contributed by atoms with Crippen molar-refractivity contribution in [2.45, 2.75) is 77.2 Å². The zero-order valence-electron chi connectivity index (χ0n) is 18.2. The summed E-state index contributed by atoms with van der Waals surface area (Å²) in [7, 11) is 0. The van der Waals surface area contributed by atoms with Crippen molar-refractivity contribution < 1.29 is 19.1 Å². The molecule has 1 unspecified atom stereocenters. The number of hydrogen-bond acceptors (Lipinski definition) is 4. The van der Waals surface area contributed by atoms with Gasteiger partial charge >= 0.3 is 5.97 Å².